The number of hydrogen-bond acceptors (Lipinski definition) is 3. The average Bonchev–Trinajstić information content (AvgIpc) is 2.76. The minimum absolute atomic E-state index is 0.0824. The molecule has 2 fully saturated rings. The van der Waals surface area contributed by atoms with Crippen molar-refractivity contribution in [3.63, 3.8) is 0 Å². The molecule has 0 aromatic rings. The van der Waals surface area contributed by atoms with Crippen molar-refractivity contribution in [1.29, 1.82) is 0 Å². The first kappa shape index (κ1) is 14.0. The summed E-state index contributed by atoms with van der Waals surface area (Å²) in [6.45, 7) is 8.47. The van der Waals surface area contributed by atoms with Gasteiger partial charge in [-0.3, -0.25) is 4.79 Å². The Morgan fingerprint density at radius 1 is 1.39 bits per heavy atom. The molecule has 1 aliphatic carbocycles. The molecular formula is C15H26O3. The van der Waals surface area contributed by atoms with Gasteiger partial charge in [-0.25, -0.2) is 0 Å². The second-order valence-electron chi connectivity index (χ2n) is 6.87. The molecule has 18 heavy (non-hydrogen) atoms. The third kappa shape index (κ3) is 3.79. The fourth-order valence-electron chi connectivity index (χ4n) is 3.49. The van der Waals surface area contributed by atoms with Crippen LogP contribution in [0.4, 0.5) is 0 Å². The number of carbonyl (C=O) groups is 1. The van der Waals surface area contributed by atoms with E-state index in [1.54, 1.807) is 0 Å². The lowest BCUT2D eigenvalue weighted by Gasteiger charge is -2.38. The van der Waals surface area contributed by atoms with Gasteiger partial charge in [0.1, 0.15) is 6.61 Å². The van der Waals surface area contributed by atoms with Gasteiger partial charge >= 0.3 is 0 Å². The fourth-order valence-corrected chi connectivity index (χ4v) is 3.49. The quantitative estimate of drug-likeness (QED) is 0.774. The van der Waals surface area contributed by atoms with E-state index in [1.807, 2.05) is 0 Å². The molecule has 0 amide bonds. The average molecular weight is 254 g/mol. The van der Waals surface area contributed by atoms with Crippen LogP contribution >= 0.6 is 0 Å². The van der Waals surface area contributed by atoms with Crippen molar-refractivity contribution in [2.24, 2.45) is 17.3 Å². The number of Topliss-reactive ketones (excluding diaryl/α,β-unsaturated/α-hetero) is 1. The molecular weight excluding hydrogens is 228 g/mol. The number of ether oxygens (including phenoxy) is 2. The molecule has 3 nitrogen and oxygen atoms in total. The Hall–Kier alpha value is -0.410. The van der Waals surface area contributed by atoms with Crippen LogP contribution in [0.5, 0.6) is 0 Å². The van der Waals surface area contributed by atoms with Crippen molar-refractivity contribution in [1.82, 2.24) is 0 Å². The zero-order valence-electron chi connectivity index (χ0n) is 11.9. The van der Waals surface area contributed by atoms with Gasteiger partial charge in [-0.15, -0.1) is 0 Å². The summed E-state index contributed by atoms with van der Waals surface area (Å²) in [5.74, 6) is 1.01. The molecule has 0 aromatic carbocycles. The minimum atomic E-state index is 0.0824. The van der Waals surface area contributed by atoms with E-state index < -0.39 is 0 Å². The van der Waals surface area contributed by atoms with Gasteiger partial charge in [0.2, 0.25) is 0 Å². The maximum Gasteiger partial charge on any atom is 0.163 e. The number of hydrogen-bond donors (Lipinski definition) is 0. The summed E-state index contributed by atoms with van der Waals surface area (Å²) in [4.78, 5) is 11.9. The minimum Gasteiger partial charge on any atom is -0.381 e. The van der Waals surface area contributed by atoms with Gasteiger partial charge in [0.05, 0.1) is 12.7 Å². The number of rotatable bonds is 4. The van der Waals surface area contributed by atoms with Gasteiger partial charge in [-0.05, 0) is 37.0 Å². The summed E-state index contributed by atoms with van der Waals surface area (Å²) in [6.07, 6.45) is 4.56. The number of ketones is 1. The molecule has 3 unspecified atom stereocenters. The molecule has 0 bridgehead atoms. The first-order chi connectivity index (χ1) is 8.46. The molecule has 0 N–H and O–H groups in total. The highest BCUT2D eigenvalue weighted by molar-refractivity contribution is 5.82. The highest BCUT2D eigenvalue weighted by atomic mass is 16.5. The molecule has 1 saturated carbocycles. The lowest BCUT2D eigenvalue weighted by Crippen LogP contribution is -2.34. The molecule has 0 aromatic heterocycles. The largest absolute Gasteiger partial charge is 0.381 e. The Labute approximate surface area is 110 Å². The van der Waals surface area contributed by atoms with Crippen LogP contribution in [-0.2, 0) is 14.3 Å². The van der Waals surface area contributed by atoms with Crippen LogP contribution in [0, 0.1) is 17.3 Å². The zero-order chi connectivity index (χ0) is 13.2. The maximum atomic E-state index is 11.9. The molecule has 104 valence electrons. The highest BCUT2D eigenvalue weighted by Crippen LogP contribution is 2.39. The van der Waals surface area contributed by atoms with E-state index in [4.69, 9.17) is 9.47 Å². The summed E-state index contributed by atoms with van der Waals surface area (Å²) >= 11 is 0. The zero-order valence-corrected chi connectivity index (χ0v) is 11.9. The molecule has 1 heterocycles. The van der Waals surface area contributed by atoms with E-state index in [0.717, 1.165) is 25.9 Å². The lowest BCUT2D eigenvalue weighted by molar-refractivity contribution is -0.131. The molecule has 0 radical (unpaired) electrons. The van der Waals surface area contributed by atoms with E-state index in [1.165, 1.54) is 6.42 Å². The summed E-state index contributed by atoms with van der Waals surface area (Å²) in [5.41, 5.74) is 0.349. The normalized spacial score (nSPS) is 35.6. The van der Waals surface area contributed by atoms with Crippen LogP contribution < -0.4 is 0 Å². The first-order valence-corrected chi connectivity index (χ1v) is 7.18. The predicted octanol–water partition coefficient (Wildman–Crippen LogP) is 2.82. The van der Waals surface area contributed by atoms with Crippen LogP contribution in [0.25, 0.3) is 0 Å². The van der Waals surface area contributed by atoms with Crippen LogP contribution in [0.15, 0.2) is 0 Å². The Bertz CT molecular complexity index is 292. The van der Waals surface area contributed by atoms with Crippen molar-refractivity contribution in [2.75, 3.05) is 19.8 Å². The van der Waals surface area contributed by atoms with Gasteiger partial charge in [-0.1, -0.05) is 20.8 Å². The Balaban J connectivity index is 1.77. The molecule has 2 rings (SSSR count). The molecule has 0 spiro atoms. The molecule has 3 atom stereocenters. The van der Waals surface area contributed by atoms with Gasteiger partial charge in [0.25, 0.3) is 0 Å². The van der Waals surface area contributed by atoms with E-state index in [2.05, 4.69) is 20.8 Å². The second-order valence-corrected chi connectivity index (χ2v) is 6.87. The Kier molecular flexibility index (Phi) is 4.44. The molecule has 2 aliphatic rings. The molecule has 1 aliphatic heterocycles. The lowest BCUT2D eigenvalue weighted by atomic mass is 9.71. The monoisotopic (exact) mass is 254 g/mol. The van der Waals surface area contributed by atoms with Gasteiger partial charge < -0.3 is 9.47 Å². The van der Waals surface area contributed by atoms with Gasteiger partial charge in [0, 0.05) is 12.5 Å². The van der Waals surface area contributed by atoms with Crippen molar-refractivity contribution in [3.05, 3.63) is 0 Å². The van der Waals surface area contributed by atoms with Crippen molar-refractivity contribution in [2.45, 2.75) is 52.6 Å². The summed E-state index contributed by atoms with van der Waals surface area (Å²) in [7, 11) is 0. The topological polar surface area (TPSA) is 35.5 Å². The van der Waals surface area contributed by atoms with Crippen LogP contribution in [0.3, 0.4) is 0 Å². The van der Waals surface area contributed by atoms with E-state index in [0.29, 0.717) is 17.9 Å². The maximum absolute atomic E-state index is 11.9. The van der Waals surface area contributed by atoms with E-state index in [9.17, 15) is 4.79 Å². The van der Waals surface area contributed by atoms with Crippen molar-refractivity contribution in [3.8, 4) is 0 Å². The van der Waals surface area contributed by atoms with Crippen LogP contribution in [0.1, 0.15) is 46.5 Å². The van der Waals surface area contributed by atoms with Crippen molar-refractivity contribution >= 4 is 5.78 Å². The Morgan fingerprint density at radius 2 is 2.17 bits per heavy atom. The van der Waals surface area contributed by atoms with Crippen LogP contribution in [0.2, 0.25) is 0 Å². The second kappa shape index (κ2) is 5.70. The molecule has 3 heteroatoms. The SMILES string of the molecule is CC1CC(OCC(=O)C2CCOC2)CC(C)(C)C1. The predicted molar refractivity (Wildman–Crippen MR) is 70.5 cm³/mol. The Morgan fingerprint density at radius 3 is 2.78 bits per heavy atom. The van der Waals surface area contributed by atoms with Gasteiger partial charge in [-0.2, -0.15) is 0 Å². The standard InChI is InChI=1S/C15H26O3/c1-11-6-13(8-15(2,3)7-11)18-10-14(16)12-4-5-17-9-12/h11-13H,4-10H2,1-3H3. The molecule has 1 saturated heterocycles. The van der Waals surface area contributed by atoms with Crippen LogP contribution in [-0.4, -0.2) is 31.7 Å². The van der Waals surface area contributed by atoms with Crippen molar-refractivity contribution < 1.29 is 14.3 Å². The summed E-state index contributed by atoms with van der Waals surface area (Å²) < 4.78 is 11.1. The van der Waals surface area contributed by atoms with Gasteiger partial charge in [0.15, 0.2) is 5.78 Å². The third-order valence-corrected chi connectivity index (χ3v) is 4.19. The fraction of sp³-hybridized carbons (Fsp3) is 0.933. The number of carbonyl (C=O) groups excluding carboxylic acids is 1. The van der Waals surface area contributed by atoms with E-state index in [-0.39, 0.29) is 24.4 Å². The first-order valence-electron chi connectivity index (χ1n) is 7.18. The summed E-state index contributed by atoms with van der Waals surface area (Å²) in [6, 6.07) is 0. The highest BCUT2D eigenvalue weighted by Gasteiger charge is 2.33. The summed E-state index contributed by atoms with van der Waals surface area (Å²) in [5, 5.41) is 0. The van der Waals surface area contributed by atoms with E-state index >= 15 is 0 Å². The smallest absolute Gasteiger partial charge is 0.163 e. The third-order valence-electron chi connectivity index (χ3n) is 4.19.